The predicted octanol–water partition coefficient (Wildman–Crippen LogP) is 4.41. The van der Waals surface area contributed by atoms with E-state index >= 15 is 0 Å². The first kappa shape index (κ1) is 24.7. The van der Waals surface area contributed by atoms with E-state index in [0.29, 0.717) is 28.7 Å². The Hall–Kier alpha value is -4.42. The normalized spacial score (nSPS) is 13.5. The summed E-state index contributed by atoms with van der Waals surface area (Å²) in [4.78, 5) is 25.9. The fourth-order valence-corrected chi connectivity index (χ4v) is 4.11. The third-order valence-corrected chi connectivity index (χ3v) is 6.13. The SMILES string of the molecule is C=CC(=O)Nc1cc(N2CCN(CC)CC2)cc(C)c1Nc1ncc(C#N)c(Nc2ccccc2)n1. The number of amides is 1. The molecule has 4 rings (SSSR count). The van der Waals surface area contributed by atoms with E-state index < -0.39 is 0 Å². The first-order chi connectivity index (χ1) is 17.5. The number of nitrogens with one attached hydrogen (secondary N) is 3. The molecule has 1 fully saturated rings. The van der Waals surface area contributed by atoms with Gasteiger partial charge in [0.05, 0.1) is 17.6 Å². The predicted molar refractivity (Wildman–Crippen MR) is 144 cm³/mol. The lowest BCUT2D eigenvalue weighted by atomic mass is 10.1. The fourth-order valence-electron chi connectivity index (χ4n) is 4.11. The third-order valence-electron chi connectivity index (χ3n) is 6.13. The van der Waals surface area contributed by atoms with Crippen LogP contribution >= 0.6 is 0 Å². The zero-order valence-corrected chi connectivity index (χ0v) is 20.6. The highest BCUT2D eigenvalue weighted by Crippen LogP contribution is 2.34. The van der Waals surface area contributed by atoms with Crippen LogP contribution in [0.5, 0.6) is 0 Å². The van der Waals surface area contributed by atoms with Crippen LogP contribution in [-0.4, -0.2) is 53.5 Å². The number of benzene rings is 2. The number of piperazine rings is 1. The van der Waals surface area contributed by atoms with Crippen LogP contribution in [0.25, 0.3) is 0 Å². The summed E-state index contributed by atoms with van der Waals surface area (Å²) in [6.45, 7) is 12.6. The second-order valence-electron chi connectivity index (χ2n) is 8.48. The first-order valence-electron chi connectivity index (χ1n) is 11.9. The Morgan fingerprint density at radius 2 is 1.92 bits per heavy atom. The molecule has 2 heterocycles. The van der Waals surface area contributed by atoms with Gasteiger partial charge in [0.2, 0.25) is 11.9 Å². The van der Waals surface area contributed by atoms with Crippen molar-refractivity contribution in [3.63, 3.8) is 0 Å². The molecule has 0 atom stereocenters. The number of para-hydroxylation sites is 1. The number of nitrogens with zero attached hydrogens (tertiary/aromatic N) is 5. The summed E-state index contributed by atoms with van der Waals surface area (Å²) in [5.41, 5.74) is 4.38. The van der Waals surface area contributed by atoms with Gasteiger partial charge in [-0.3, -0.25) is 4.79 Å². The van der Waals surface area contributed by atoms with E-state index in [2.05, 4.69) is 61.4 Å². The number of anilines is 6. The summed E-state index contributed by atoms with van der Waals surface area (Å²) in [6.07, 6.45) is 2.71. The van der Waals surface area contributed by atoms with E-state index in [0.717, 1.165) is 49.7 Å². The monoisotopic (exact) mass is 482 g/mol. The van der Waals surface area contributed by atoms with E-state index in [9.17, 15) is 10.1 Å². The van der Waals surface area contributed by atoms with Crippen molar-refractivity contribution in [3.8, 4) is 6.07 Å². The summed E-state index contributed by atoms with van der Waals surface area (Å²) in [5.74, 6) is 0.382. The Labute approximate surface area is 211 Å². The minimum Gasteiger partial charge on any atom is -0.369 e. The zero-order chi connectivity index (χ0) is 25.5. The highest BCUT2D eigenvalue weighted by Gasteiger charge is 2.19. The lowest BCUT2D eigenvalue weighted by Crippen LogP contribution is -2.46. The number of carbonyl (C=O) groups is 1. The van der Waals surface area contributed by atoms with Crippen molar-refractivity contribution in [1.82, 2.24) is 14.9 Å². The Kier molecular flexibility index (Phi) is 7.78. The first-order valence-corrected chi connectivity index (χ1v) is 11.9. The Morgan fingerprint density at radius 1 is 1.17 bits per heavy atom. The largest absolute Gasteiger partial charge is 0.369 e. The second kappa shape index (κ2) is 11.3. The molecule has 1 aliphatic heterocycles. The molecule has 2 aromatic carbocycles. The minimum atomic E-state index is -0.308. The van der Waals surface area contributed by atoms with E-state index in [-0.39, 0.29) is 5.91 Å². The van der Waals surface area contributed by atoms with Crippen molar-refractivity contribution < 1.29 is 4.79 Å². The van der Waals surface area contributed by atoms with E-state index in [1.165, 1.54) is 12.3 Å². The third kappa shape index (κ3) is 5.79. The van der Waals surface area contributed by atoms with Crippen molar-refractivity contribution in [2.75, 3.05) is 53.6 Å². The van der Waals surface area contributed by atoms with Crippen LogP contribution in [0.1, 0.15) is 18.1 Å². The van der Waals surface area contributed by atoms with Crippen LogP contribution in [0, 0.1) is 18.3 Å². The van der Waals surface area contributed by atoms with Gasteiger partial charge >= 0.3 is 0 Å². The fraction of sp³-hybridized carbons (Fsp3) is 0.259. The molecule has 36 heavy (non-hydrogen) atoms. The maximum atomic E-state index is 12.3. The smallest absolute Gasteiger partial charge is 0.247 e. The average Bonchev–Trinajstić information content (AvgIpc) is 2.91. The Balaban J connectivity index is 1.65. The Morgan fingerprint density at radius 3 is 2.58 bits per heavy atom. The second-order valence-corrected chi connectivity index (χ2v) is 8.48. The number of hydrogen-bond donors (Lipinski definition) is 3. The molecule has 1 amide bonds. The number of rotatable bonds is 8. The van der Waals surface area contributed by atoms with Gasteiger partial charge < -0.3 is 25.8 Å². The maximum Gasteiger partial charge on any atom is 0.247 e. The molecule has 3 N–H and O–H groups in total. The van der Waals surface area contributed by atoms with E-state index in [4.69, 9.17) is 0 Å². The molecule has 3 aromatic rings. The molecule has 0 unspecified atom stereocenters. The number of aromatic nitrogens is 2. The number of nitriles is 1. The summed E-state index contributed by atoms with van der Waals surface area (Å²) >= 11 is 0. The molecular weight excluding hydrogens is 452 g/mol. The lowest BCUT2D eigenvalue weighted by Gasteiger charge is -2.36. The van der Waals surface area contributed by atoms with Gasteiger partial charge in [0.25, 0.3) is 0 Å². The van der Waals surface area contributed by atoms with Gasteiger partial charge in [-0.2, -0.15) is 10.2 Å². The van der Waals surface area contributed by atoms with Gasteiger partial charge in [-0.25, -0.2) is 4.98 Å². The molecule has 0 radical (unpaired) electrons. The van der Waals surface area contributed by atoms with Gasteiger partial charge in [0, 0.05) is 37.6 Å². The van der Waals surface area contributed by atoms with Gasteiger partial charge in [0.15, 0.2) is 5.82 Å². The molecule has 1 aliphatic rings. The van der Waals surface area contributed by atoms with Crippen LogP contribution in [0.2, 0.25) is 0 Å². The van der Waals surface area contributed by atoms with Crippen molar-refractivity contribution in [2.45, 2.75) is 13.8 Å². The van der Waals surface area contributed by atoms with Crippen LogP contribution < -0.4 is 20.9 Å². The topological polar surface area (TPSA) is 109 Å². The molecule has 184 valence electrons. The molecule has 0 saturated carbocycles. The highest BCUT2D eigenvalue weighted by molar-refractivity contribution is 6.02. The standard InChI is InChI=1S/C27H30N8O/c1-4-24(36)31-23-16-22(35-13-11-34(5-2)12-14-35)15-19(3)25(23)32-27-29-18-20(17-28)26(33-27)30-21-9-7-6-8-10-21/h4,6-10,15-16,18H,1,5,11-14H2,2-3H3,(H,31,36)(H2,29,30,32,33). The van der Waals surface area contributed by atoms with E-state index in [1.54, 1.807) is 0 Å². The molecule has 1 saturated heterocycles. The quantitative estimate of drug-likeness (QED) is 0.405. The molecule has 0 aliphatic carbocycles. The van der Waals surface area contributed by atoms with Crippen LogP contribution in [-0.2, 0) is 4.79 Å². The molecule has 0 spiro atoms. The number of carbonyl (C=O) groups excluding carboxylic acids is 1. The van der Waals surface area contributed by atoms with E-state index in [1.807, 2.05) is 43.3 Å². The minimum absolute atomic E-state index is 0.300. The average molecular weight is 483 g/mol. The molecular formula is C27H30N8O. The molecule has 0 bridgehead atoms. The van der Waals surface area contributed by atoms with Crippen molar-refractivity contribution in [3.05, 3.63) is 72.4 Å². The molecule has 9 nitrogen and oxygen atoms in total. The van der Waals surface area contributed by atoms with Gasteiger partial charge in [-0.1, -0.05) is 31.7 Å². The van der Waals surface area contributed by atoms with Crippen LogP contribution in [0.15, 0.2) is 61.3 Å². The number of hydrogen-bond acceptors (Lipinski definition) is 8. The van der Waals surface area contributed by atoms with Crippen molar-refractivity contribution in [2.24, 2.45) is 0 Å². The summed E-state index contributed by atoms with van der Waals surface area (Å²) in [7, 11) is 0. The molecule has 1 aromatic heterocycles. The van der Waals surface area contributed by atoms with Gasteiger partial charge in [0.1, 0.15) is 11.6 Å². The van der Waals surface area contributed by atoms with Gasteiger partial charge in [-0.05, 0) is 49.4 Å². The number of aryl methyl sites for hydroxylation is 1. The molecule has 9 heteroatoms. The summed E-state index contributed by atoms with van der Waals surface area (Å²) in [5, 5.41) is 18.9. The Bertz CT molecular complexity index is 1280. The zero-order valence-electron chi connectivity index (χ0n) is 20.6. The maximum absolute atomic E-state index is 12.3. The highest BCUT2D eigenvalue weighted by atomic mass is 16.1. The van der Waals surface area contributed by atoms with Crippen molar-refractivity contribution in [1.29, 1.82) is 5.26 Å². The summed E-state index contributed by atoms with van der Waals surface area (Å²) in [6, 6.07) is 15.7. The lowest BCUT2D eigenvalue weighted by molar-refractivity contribution is -0.111. The van der Waals surface area contributed by atoms with Crippen LogP contribution in [0.3, 0.4) is 0 Å². The number of likely N-dealkylation sites (N-methyl/N-ethyl adjacent to an activating group) is 1. The van der Waals surface area contributed by atoms with Crippen LogP contribution in [0.4, 0.5) is 34.5 Å². The van der Waals surface area contributed by atoms with Crippen molar-refractivity contribution >= 4 is 40.4 Å². The van der Waals surface area contributed by atoms with Gasteiger partial charge in [-0.15, -0.1) is 0 Å². The summed E-state index contributed by atoms with van der Waals surface area (Å²) < 4.78 is 0.